The first-order valence-corrected chi connectivity index (χ1v) is 13.8. The van der Waals surface area contributed by atoms with Crippen LogP contribution < -0.4 is 24.8 Å². The molecule has 1 saturated carbocycles. The zero-order chi connectivity index (χ0) is 30.9. The second-order valence-electron chi connectivity index (χ2n) is 10.1. The van der Waals surface area contributed by atoms with E-state index in [9.17, 15) is 29.1 Å². The molecule has 3 aromatic carbocycles. The molecule has 4 rings (SSSR count). The lowest BCUT2D eigenvalue weighted by Crippen LogP contribution is -2.42. The van der Waals surface area contributed by atoms with Crippen molar-refractivity contribution < 1.29 is 43.3 Å². The summed E-state index contributed by atoms with van der Waals surface area (Å²) in [6, 6.07) is 15.6. The van der Waals surface area contributed by atoms with Crippen molar-refractivity contribution in [2.24, 2.45) is 5.92 Å². The van der Waals surface area contributed by atoms with Crippen LogP contribution in [0.5, 0.6) is 17.2 Å². The maximum atomic E-state index is 12.8. The number of methoxy groups -OCH3 is 1. The predicted molar refractivity (Wildman–Crippen MR) is 155 cm³/mol. The molecule has 1 aliphatic rings. The molecule has 43 heavy (non-hydrogen) atoms. The monoisotopic (exact) mass is 588 g/mol. The molecule has 0 spiro atoms. The van der Waals surface area contributed by atoms with Gasteiger partial charge in [-0.25, -0.2) is 9.59 Å². The molecule has 1 unspecified atom stereocenters. The van der Waals surface area contributed by atoms with E-state index in [0.29, 0.717) is 11.3 Å². The van der Waals surface area contributed by atoms with Crippen molar-refractivity contribution in [3.8, 4) is 17.2 Å². The van der Waals surface area contributed by atoms with Gasteiger partial charge in [0, 0.05) is 30.5 Å². The summed E-state index contributed by atoms with van der Waals surface area (Å²) in [5.74, 6) is -3.00. The van der Waals surface area contributed by atoms with E-state index in [1.165, 1.54) is 50.4 Å². The number of hydrogen-bond acceptors (Lipinski definition) is 8. The first kappa shape index (κ1) is 30.8. The van der Waals surface area contributed by atoms with Crippen LogP contribution in [0.15, 0.2) is 66.7 Å². The molecule has 2 amide bonds. The predicted octanol–water partition coefficient (Wildman–Crippen LogP) is 4.39. The van der Waals surface area contributed by atoms with E-state index in [0.717, 1.165) is 25.7 Å². The number of carboxylic acids is 1. The van der Waals surface area contributed by atoms with E-state index in [2.05, 4.69) is 10.6 Å². The highest BCUT2D eigenvalue weighted by atomic mass is 16.6. The molecule has 224 valence electrons. The molecule has 0 aliphatic heterocycles. The summed E-state index contributed by atoms with van der Waals surface area (Å²) in [5, 5.41) is 15.2. The maximum absolute atomic E-state index is 12.8. The fourth-order valence-electron chi connectivity index (χ4n) is 4.77. The molecule has 0 heterocycles. The zero-order valence-electron chi connectivity index (χ0n) is 23.8. The summed E-state index contributed by atoms with van der Waals surface area (Å²) in [4.78, 5) is 61.4. The highest BCUT2D eigenvalue weighted by Crippen LogP contribution is 2.31. The Morgan fingerprint density at radius 2 is 1.58 bits per heavy atom. The van der Waals surface area contributed by atoms with E-state index in [4.69, 9.17) is 14.2 Å². The molecular weight excluding hydrogens is 556 g/mol. The first-order valence-electron chi connectivity index (χ1n) is 13.8. The summed E-state index contributed by atoms with van der Waals surface area (Å²) < 4.78 is 15.9. The number of para-hydroxylation sites is 1. The molecular formula is C32H32N2O9. The third-order valence-electron chi connectivity index (χ3n) is 6.98. The first-order chi connectivity index (χ1) is 20.6. The van der Waals surface area contributed by atoms with Gasteiger partial charge < -0.3 is 30.0 Å². The molecule has 11 nitrogen and oxygen atoms in total. The molecule has 3 N–H and O–H groups in total. The number of aliphatic carboxylic acids is 1. The van der Waals surface area contributed by atoms with Gasteiger partial charge in [0.15, 0.2) is 11.5 Å². The zero-order valence-corrected chi connectivity index (χ0v) is 23.8. The molecule has 0 radical (unpaired) electrons. The summed E-state index contributed by atoms with van der Waals surface area (Å²) >= 11 is 0. The van der Waals surface area contributed by atoms with Gasteiger partial charge in [0.05, 0.1) is 7.11 Å². The van der Waals surface area contributed by atoms with E-state index in [1.807, 2.05) is 0 Å². The summed E-state index contributed by atoms with van der Waals surface area (Å²) in [7, 11) is 1.36. The molecule has 0 saturated heterocycles. The van der Waals surface area contributed by atoms with Crippen LogP contribution in [0, 0.1) is 5.92 Å². The van der Waals surface area contributed by atoms with Crippen molar-refractivity contribution in [3.63, 3.8) is 0 Å². The molecule has 1 fully saturated rings. The summed E-state index contributed by atoms with van der Waals surface area (Å²) in [6.07, 6.45) is 3.74. The van der Waals surface area contributed by atoms with Crippen LogP contribution >= 0.6 is 0 Å². The van der Waals surface area contributed by atoms with Crippen molar-refractivity contribution in [2.45, 2.75) is 45.1 Å². The van der Waals surface area contributed by atoms with Crippen LogP contribution in [0.1, 0.15) is 58.9 Å². The summed E-state index contributed by atoms with van der Waals surface area (Å²) in [6.45, 7) is 1.21. The van der Waals surface area contributed by atoms with E-state index in [1.54, 1.807) is 30.3 Å². The molecule has 3 aromatic rings. The third-order valence-corrected chi connectivity index (χ3v) is 6.98. The number of nitrogens with one attached hydrogen (secondary N) is 2. The topological polar surface area (TPSA) is 157 Å². The number of rotatable bonds is 11. The van der Waals surface area contributed by atoms with Gasteiger partial charge in [-0.3, -0.25) is 14.4 Å². The Balaban J connectivity index is 1.40. The van der Waals surface area contributed by atoms with Crippen LogP contribution in [-0.4, -0.2) is 48.0 Å². The molecule has 0 bridgehead atoms. The second-order valence-corrected chi connectivity index (χ2v) is 10.1. The number of benzene rings is 3. The normalized spacial score (nSPS) is 13.4. The fourth-order valence-corrected chi connectivity index (χ4v) is 4.77. The fraction of sp³-hybridized carbons (Fsp3) is 0.281. The van der Waals surface area contributed by atoms with E-state index >= 15 is 0 Å². The maximum Gasteiger partial charge on any atom is 0.347 e. The van der Waals surface area contributed by atoms with Crippen LogP contribution in [0.25, 0.3) is 0 Å². The van der Waals surface area contributed by atoms with Gasteiger partial charge in [0.1, 0.15) is 17.4 Å². The molecule has 0 aromatic heterocycles. The number of anilines is 1. The van der Waals surface area contributed by atoms with Gasteiger partial charge in [0.25, 0.3) is 5.91 Å². The lowest BCUT2D eigenvalue weighted by molar-refractivity contribution is -0.139. The minimum atomic E-state index is -1.28. The SMILES string of the molecule is COc1cc(CC(NC(=O)c2ccc(NC(=O)C3CCCC3)cc2)C(=O)O)ccc1OC(=O)c1ccccc1OC(C)=O. The Labute approximate surface area is 248 Å². The minimum absolute atomic E-state index is 0.00287. The Hall–Kier alpha value is -5.19. The van der Waals surface area contributed by atoms with E-state index < -0.39 is 29.9 Å². The number of carboxylic acid groups (broad SMARTS) is 1. The third kappa shape index (κ3) is 8.19. The van der Waals surface area contributed by atoms with Gasteiger partial charge in [-0.05, 0) is 66.9 Å². The van der Waals surface area contributed by atoms with E-state index in [-0.39, 0.29) is 46.6 Å². The lowest BCUT2D eigenvalue weighted by Gasteiger charge is -2.17. The Morgan fingerprint density at radius 3 is 2.23 bits per heavy atom. The van der Waals surface area contributed by atoms with Crippen molar-refractivity contribution in [1.82, 2.24) is 5.32 Å². The van der Waals surface area contributed by atoms with Gasteiger partial charge in [-0.1, -0.05) is 31.0 Å². The molecule has 1 aliphatic carbocycles. The van der Waals surface area contributed by atoms with Crippen molar-refractivity contribution in [3.05, 3.63) is 83.4 Å². The number of amides is 2. The molecule has 1 atom stereocenters. The van der Waals surface area contributed by atoms with Crippen LogP contribution in [0.2, 0.25) is 0 Å². The average Bonchev–Trinajstić information content (AvgIpc) is 3.53. The van der Waals surface area contributed by atoms with Gasteiger partial charge >= 0.3 is 17.9 Å². The number of carbonyl (C=O) groups excluding carboxylic acids is 4. The standard InChI is InChI=1S/C32H32N2O9/c1-19(35)42-26-10-6-5-9-24(26)32(40)43-27-16-11-20(18-28(27)41-2)17-25(31(38)39)34-30(37)22-12-14-23(15-13-22)33-29(36)21-7-3-4-8-21/h5-6,9-16,18,21,25H,3-4,7-8,17H2,1-2H3,(H,33,36)(H,34,37)(H,38,39). The van der Waals surface area contributed by atoms with Crippen LogP contribution in [0.3, 0.4) is 0 Å². The quantitative estimate of drug-likeness (QED) is 0.218. The van der Waals surface area contributed by atoms with Crippen molar-refractivity contribution in [1.29, 1.82) is 0 Å². The van der Waals surface area contributed by atoms with Gasteiger partial charge in [0.2, 0.25) is 5.91 Å². The van der Waals surface area contributed by atoms with Crippen molar-refractivity contribution in [2.75, 3.05) is 12.4 Å². The minimum Gasteiger partial charge on any atom is -0.493 e. The van der Waals surface area contributed by atoms with Crippen LogP contribution in [0.4, 0.5) is 5.69 Å². The number of hydrogen-bond donors (Lipinski definition) is 3. The number of ether oxygens (including phenoxy) is 3. The Bertz CT molecular complexity index is 1510. The Kier molecular flexibility index (Phi) is 10.1. The van der Waals surface area contributed by atoms with Gasteiger partial charge in [-0.15, -0.1) is 0 Å². The number of carbonyl (C=O) groups is 5. The van der Waals surface area contributed by atoms with Crippen molar-refractivity contribution >= 4 is 35.4 Å². The largest absolute Gasteiger partial charge is 0.493 e. The highest BCUT2D eigenvalue weighted by Gasteiger charge is 2.24. The highest BCUT2D eigenvalue weighted by molar-refractivity contribution is 5.98. The second kappa shape index (κ2) is 14.1. The average molecular weight is 589 g/mol. The summed E-state index contributed by atoms with van der Waals surface area (Å²) in [5.41, 5.74) is 1.32. The number of esters is 2. The smallest absolute Gasteiger partial charge is 0.347 e. The van der Waals surface area contributed by atoms with Crippen LogP contribution in [-0.2, 0) is 20.8 Å². The molecule has 11 heteroatoms. The lowest BCUT2D eigenvalue weighted by atomic mass is 10.0. The Morgan fingerprint density at radius 1 is 0.884 bits per heavy atom. The van der Waals surface area contributed by atoms with Gasteiger partial charge in [-0.2, -0.15) is 0 Å².